The molecule has 1 heterocycles. The van der Waals surface area contributed by atoms with E-state index in [1.54, 1.807) is 0 Å². The van der Waals surface area contributed by atoms with Crippen LogP contribution in [0.15, 0.2) is 12.3 Å². The molecule has 0 saturated carbocycles. The van der Waals surface area contributed by atoms with Gasteiger partial charge in [0, 0.05) is 6.07 Å². The summed E-state index contributed by atoms with van der Waals surface area (Å²) in [6.07, 6.45) is -1.29. The van der Waals surface area contributed by atoms with Crippen LogP contribution in [0.25, 0.3) is 0 Å². The number of hydrogen-bond acceptors (Lipinski definition) is 7. The van der Waals surface area contributed by atoms with Crippen LogP contribution < -0.4 is 10.5 Å². The van der Waals surface area contributed by atoms with Gasteiger partial charge in [0.15, 0.2) is 0 Å². The Bertz CT molecular complexity index is 426. The predicted octanol–water partition coefficient (Wildman–Crippen LogP) is -0.259. The molecule has 1 aromatic heterocycles. The Kier molecular flexibility index (Phi) is 4.95. The van der Waals surface area contributed by atoms with Gasteiger partial charge >= 0.3 is 0 Å². The molecule has 100 valence electrons. The SMILES string of the molecule is COc1ncc([N+](=O)[O-])cc1C(O)C(O)CCN. The summed E-state index contributed by atoms with van der Waals surface area (Å²) < 4.78 is 4.89. The largest absolute Gasteiger partial charge is 0.481 e. The second-order valence-corrected chi connectivity index (χ2v) is 3.64. The number of rotatable bonds is 6. The van der Waals surface area contributed by atoms with Crippen LogP contribution in [0.2, 0.25) is 0 Å². The molecule has 0 saturated heterocycles. The minimum Gasteiger partial charge on any atom is -0.481 e. The first-order valence-electron chi connectivity index (χ1n) is 5.25. The number of aliphatic hydroxyl groups is 2. The lowest BCUT2D eigenvalue weighted by Crippen LogP contribution is -2.22. The average Bonchev–Trinajstić information content (AvgIpc) is 2.37. The molecule has 0 aliphatic rings. The highest BCUT2D eigenvalue weighted by atomic mass is 16.6. The Labute approximate surface area is 103 Å². The van der Waals surface area contributed by atoms with Gasteiger partial charge < -0.3 is 20.7 Å². The number of hydrogen-bond donors (Lipinski definition) is 3. The van der Waals surface area contributed by atoms with Crippen molar-refractivity contribution in [1.29, 1.82) is 0 Å². The van der Waals surface area contributed by atoms with Gasteiger partial charge in [0.25, 0.3) is 5.69 Å². The smallest absolute Gasteiger partial charge is 0.288 e. The first-order valence-corrected chi connectivity index (χ1v) is 5.25. The molecule has 0 aromatic carbocycles. The quantitative estimate of drug-likeness (QED) is 0.472. The maximum atomic E-state index is 10.6. The molecule has 0 fully saturated rings. The molecule has 0 spiro atoms. The summed E-state index contributed by atoms with van der Waals surface area (Å²) in [5, 5.41) is 30.2. The number of aliphatic hydroxyl groups excluding tert-OH is 2. The summed E-state index contributed by atoms with van der Waals surface area (Å²) >= 11 is 0. The fourth-order valence-corrected chi connectivity index (χ4v) is 1.48. The van der Waals surface area contributed by atoms with Crippen LogP contribution in [0.3, 0.4) is 0 Å². The minimum atomic E-state index is -1.34. The van der Waals surface area contributed by atoms with E-state index in [9.17, 15) is 20.3 Å². The third-order valence-electron chi connectivity index (χ3n) is 2.41. The Hall–Kier alpha value is -1.77. The van der Waals surface area contributed by atoms with Gasteiger partial charge in [-0.25, -0.2) is 4.98 Å². The van der Waals surface area contributed by atoms with Crippen LogP contribution in [0.4, 0.5) is 5.69 Å². The van der Waals surface area contributed by atoms with Crippen molar-refractivity contribution in [1.82, 2.24) is 4.98 Å². The number of ether oxygens (including phenoxy) is 1. The first-order chi connectivity index (χ1) is 8.51. The summed E-state index contributed by atoms with van der Waals surface area (Å²) in [6, 6.07) is 1.12. The van der Waals surface area contributed by atoms with Crippen LogP contribution in [0.5, 0.6) is 5.88 Å². The number of nitro groups is 1. The topological polar surface area (TPSA) is 132 Å². The Morgan fingerprint density at radius 3 is 2.78 bits per heavy atom. The molecule has 0 bridgehead atoms. The summed E-state index contributed by atoms with van der Waals surface area (Å²) in [5.74, 6) is 0.0316. The van der Waals surface area contributed by atoms with Crippen LogP contribution in [-0.2, 0) is 0 Å². The third kappa shape index (κ3) is 3.13. The third-order valence-corrected chi connectivity index (χ3v) is 2.41. The van der Waals surface area contributed by atoms with Crippen molar-refractivity contribution in [2.45, 2.75) is 18.6 Å². The molecule has 18 heavy (non-hydrogen) atoms. The first kappa shape index (κ1) is 14.3. The molecule has 1 aromatic rings. The lowest BCUT2D eigenvalue weighted by atomic mass is 10.0. The van der Waals surface area contributed by atoms with Crippen molar-refractivity contribution < 1.29 is 19.9 Å². The zero-order valence-electron chi connectivity index (χ0n) is 9.81. The number of methoxy groups -OCH3 is 1. The zero-order chi connectivity index (χ0) is 13.7. The van der Waals surface area contributed by atoms with Crippen LogP contribution in [0.1, 0.15) is 18.1 Å². The van der Waals surface area contributed by atoms with Crippen molar-refractivity contribution in [3.63, 3.8) is 0 Å². The van der Waals surface area contributed by atoms with Gasteiger partial charge in [-0.2, -0.15) is 0 Å². The number of nitrogens with zero attached hydrogens (tertiary/aromatic N) is 2. The Balaban J connectivity index is 3.10. The highest BCUT2D eigenvalue weighted by Gasteiger charge is 2.24. The highest BCUT2D eigenvalue weighted by Crippen LogP contribution is 2.29. The molecule has 8 heteroatoms. The van der Waals surface area contributed by atoms with Crippen molar-refractivity contribution in [3.05, 3.63) is 27.9 Å². The number of pyridine rings is 1. The fourth-order valence-electron chi connectivity index (χ4n) is 1.48. The Morgan fingerprint density at radius 1 is 1.61 bits per heavy atom. The van der Waals surface area contributed by atoms with Crippen LogP contribution >= 0.6 is 0 Å². The molecular weight excluding hydrogens is 242 g/mol. The molecule has 0 amide bonds. The summed E-state index contributed by atoms with van der Waals surface area (Å²) in [7, 11) is 1.32. The van der Waals surface area contributed by atoms with Gasteiger partial charge in [-0.3, -0.25) is 10.1 Å². The van der Waals surface area contributed by atoms with Crippen LogP contribution in [-0.4, -0.2) is 39.9 Å². The number of nitrogens with two attached hydrogens (primary N) is 1. The molecule has 0 aliphatic heterocycles. The maximum Gasteiger partial charge on any atom is 0.288 e. The minimum absolute atomic E-state index is 0.0316. The summed E-state index contributed by atoms with van der Waals surface area (Å²) in [4.78, 5) is 13.7. The van der Waals surface area contributed by atoms with E-state index in [4.69, 9.17) is 10.5 Å². The van der Waals surface area contributed by atoms with Crippen molar-refractivity contribution >= 4 is 5.69 Å². The van der Waals surface area contributed by atoms with Crippen molar-refractivity contribution in [3.8, 4) is 5.88 Å². The lowest BCUT2D eigenvalue weighted by Gasteiger charge is -2.18. The zero-order valence-corrected chi connectivity index (χ0v) is 9.81. The molecule has 2 unspecified atom stereocenters. The van der Waals surface area contributed by atoms with Gasteiger partial charge in [-0.05, 0) is 13.0 Å². The van der Waals surface area contributed by atoms with E-state index in [1.165, 1.54) is 7.11 Å². The van der Waals surface area contributed by atoms with E-state index in [-0.39, 0.29) is 30.1 Å². The van der Waals surface area contributed by atoms with E-state index >= 15 is 0 Å². The highest BCUT2D eigenvalue weighted by molar-refractivity contribution is 5.39. The van der Waals surface area contributed by atoms with E-state index in [0.717, 1.165) is 12.3 Å². The molecule has 1 rings (SSSR count). The maximum absolute atomic E-state index is 10.6. The van der Waals surface area contributed by atoms with E-state index < -0.39 is 17.1 Å². The van der Waals surface area contributed by atoms with E-state index in [1.807, 2.05) is 0 Å². The van der Waals surface area contributed by atoms with Gasteiger partial charge in [0.1, 0.15) is 12.3 Å². The van der Waals surface area contributed by atoms with Gasteiger partial charge in [-0.1, -0.05) is 0 Å². The monoisotopic (exact) mass is 257 g/mol. The van der Waals surface area contributed by atoms with Gasteiger partial charge in [0.2, 0.25) is 5.88 Å². The second-order valence-electron chi connectivity index (χ2n) is 3.64. The average molecular weight is 257 g/mol. The van der Waals surface area contributed by atoms with E-state index in [2.05, 4.69) is 4.98 Å². The predicted molar refractivity (Wildman–Crippen MR) is 62.1 cm³/mol. The van der Waals surface area contributed by atoms with Crippen LogP contribution in [0, 0.1) is 10.1 Å². The van der Waals surface area contributed by atoms with Crippen molar-refractivity contribution in [2.75, 3.05) is 13.7 Å². The number of aromatic nitrogens is 1. The molecule has 2 atom stereocenters. The Morgan fingerprint density at radius 2 is 2.28 bits per heavy atom. The second kappa shape index (κ2) is 6.24. The van der Waals surface area contributed by atoms with Gasteiger partial charge in [0.05, 0.1) is 23.7 Å². The summed E-state index contributed by atoms with van der Waals surface area (Å²) in [5.41, 5.74) is 5.04. The normalized spacial score (nSPS) is 14.0. The lowest BCUT2D eigenvalue weighted by molar-refractivity contribution is -0.385. The standard InChI is InChI=1S/C10H15N3O5/c1-18-10-7(9(15)8(14)2-3-11)4-6(5-12-10)13(16)17/h4-5,8-9,14-15H,2-3,11H2,1H3. The molecular formula is C10H15N3O5. The van der Waals surface area contributed by atoms with Gasteiger partial charge in [-0.15, -0.1) is 0 Å². The van der Waals surface area contributed by atoms with E-state index in [0.29, 0.717) is 0 Å². The fraction of sp³-hybridized carbons (Fsp3) is 0.500. The molecule has 4 N–H and O–H groups in total. The summed E-state index contributed by atoms with van der Waals surface area (Å²) in [6.45, 7) is 0.183. The molecule has 8 nitrogen and oxygen atoms in total. The molecule has 0 radical (unpaired) electrons. The molecule has 0 aliphatic carbocycles. The van der Waals surface area contributed by atoms with Crippen molar-refractivity contribution in [2.24, 2.45) is 5.73 Å².